The second-order valence-electron chi connectivity index (χ2n) is 3.00. The first-order chi connectivity index (χ1) is 6.72. The average Bonchev–Trinajstić information content (AvgIpc) is 2.16. The van der Waals surface area contributed by atoms with Crippen molar-refractivity contribution in [2.75, 3.05) is 13.7 Å². The van der Waals surface area contributed by atoms with Gasteiger partial charge in [0.25, 0.3) is 0 Å². The van der Waals surface area contributed by atoms with Crippen LogP contribution in [0.2, 0.25) is 5.02 Å². The van der Waals surface area contributed by atoms with Crippen LogP contribution < -0.4 is 9.47 Å². The van der Waals surface area contributed by atoms with Crippen molar-refractivity contribution >= 4 is 17.4 Å². The predicted molar refractivity (Wildman–Crippen MR) is 52.4 cm³/mol. The minimum absolute atomic E-state index is 0.0415. The molecule has 1 aromatic carbocycles. The van der Waals surface area contributed by atoms with E-state index in [1.165, 1.54) is 7.11 Å². The minimum Gasteiger partial charge on any atom is -0.496 e. The van der Waals surface area contributed by atoms with Crippen LogP contribution in [0.25, 0.3) is 0 Å². The lowest BCUT2D eigenvalue weighted by Crippen LogP contribution is -2.16. The summed E-state index contributed by atoms with van der Waals surface area (Å²) in [6.07, 6.45) is 0.394. The first-order valence-corrected chi connectivity index (χ1v) is 4.63. The summed E-state index contributed by atoms with van der Waals surface area (Å²) in [6, 6.07) is 3.25. The molecule has 0 fully saturated rings. The summed E-state index contributed by atoms with van der Waals surface area (Å²) in [6.45, 7) is 0.412. The standard InChI is InChI=1S/C10H9ClO3/c1-13-8-4-6(11)5-9-10(8)7(12)2-3-14-9/h4-5H,2-3H2,1H3. The zero-order chi connectivity index (χ0) is 10.1. The quantitative estimate of drug-likeness (QED) is 0.717. The highest BCUT2D eigenvalue weighted by Crippen LogP contribution is 2.35. The van der Waals surface area contributed by atoms with Crippen LogP contribution in [0, 0.1) is 0 Å². The molecule has 0 radical (unpaired) electrons. The van der Waals surface area contributed by atoms with Crippen LogP contribution in [0.15, 0.2) is 12.1 Å². The molecule has 0 saturated heterocycles. The van der Waals surface area contributed by atoms with E-state index in [1.807, 2.05) is 0 Å². The van der Waals surface area contributed by atoms with E-state index in [-0.39, 0.29) is 5.78 Å². The fraction of sp³-hybridized carbons (Fsp3) is 0.300. The van der Waals surface area contributed by atoms with Crippen molar-refractivity contribution in [3.63, 3.8) is 0 Å². The number of rotatable bonds is 1. The van der Waals surface area contributed by atoms with Crippen LogP contribution in [-0.2, 0) is 0 Å². The lowest BCUT2D eigenvalue weighted by molar-refractivity contribution is 0.0929. The van der Waals surface area contributed by atoms with Gasteiger partial charge in [0, 0.05) is 11.4 Å². The van der Waals surface area contributed by atoms with Gasteiger partial charge in [-0.2, -0.15) is 0 Å². The number of benzene rings is 1. The molecule has 0 bridgehead atoms. The Bertz CT molecular complexity index is 370. The maximum absolute atomic E-state index is 11.6. The van der Waals surface area contributed by atoms with Crippen LogP contribution in [-0.4, -0.2) is 19.5 Å². The molecule has 0 N–H and O–H groups in total. The van der Waals surface area contributed by atoms with Crippen molar-refractivity contribution in [3.8, 4) is 11.5 Å². The Morgan fingerprint density at radius 3 is 3.00 bits per heavy atom. The molecule has 0 aliphatic carbocycles. The molecule has 1 aliphatic rings. The Balaban J connectivity index is 2.61. The Hall–Kier alpha value is -1.22. The first-order valence-electron chi connectivity index (χ1n) is 4.26. The van der Waals surface area contributed by atoms with E-state index >= 15 is 0 Å². The highest BCUT2D eigenvalue weighted by atomic mass is 35.5. The van der Waals surface area contributed by atoms with E-state index in [1.54, 1.807) is 12.1 Å². The molecule has 74 valence electrons. The molecular formula is C10H9ClO3. The normalized spacial score (nSPS) is 14.6. The first kappa shape index (κ1) is 9.34. The fourth-order valence-electron chi connectivity index (χ4n) is 1.49. The zero-order valence-corrected chi connectivity index (χ0v) is 8.43. The third kappa shape index (κ3) is 1.44. The topological polar surface area (TPSA) is 35.5 Å². The third-order valence-electron chi connectivity index (χ3n) is 2.12. The molecule has 0 saturated carbocycles. The van der Waals surface area contributed by atoms with Gasteiger partial charge in [0.05, 0.1) is 13.7 Å². The van der Waals surface area contributed by atoms with Crippen LogP contribution in [0.3, 0.4) is 0 Å². The van der Waals surface area contributed by atoms with E-state index in [2.05, 4.69) is 0 Å². The van der Waals surface area contributed by atoms with E-state index in [0.29, 0.717) is 35.1 Å². The molecule has 0 amide bonds. The van der Waals surface area contributed by atoms with Gasteiger partial charge in [-0.3, -0.25) is 4.79 Å². The number of ether oxygens (including phenoxy) is 2. The van der Waals surface area contributed by atoms with Gasteiger partial charge in [0.1, 0.15) is 17.1 Å². The number of halogens is 1. The molecule has 0 atom stereocenters. The summed E-state index contributed by atoms with van der Waals surface area (Å²) in [7, 11) is 1.51. The van der Waals surface area contributed by atoms with Gasteiger partial charge in [-0.1, -0.05) is 11.6 Å². The van der Waals surface area contributed by atoms with Gasteiger partial charge in [-0.25, -0.2) is 0 Å². The molecule has 2 rings (SSSR count). The number of fused-ring (bicyclic) bond motifs is 1. The average molecular weight is 213 g/mol. The smallest absolute Gasteiger partial charge is 0.173 e. The SMILES string of the molecule is COc1cc(Cl)cc2c1C(=O)CCO2. The molecule has 1 aromatic rings. The van der Waals surface area contributed by atoms with Gasteiger partial charge < -0.3 is 9.47 Å². The van der Waals surface area contributed by atoms with E-state index in [0.717, 1.165) is 0 Å². The van der Waals surface area contributed by atoms with Gasteiger partial charge in [0.2, 0.25) is 0 Å². The summed E-state index contributed by atoms with van der Waals surface area (Å²) < 4.78 is 10.4. The molecule has 1 heterocycles. The van der Waals surface area contributed by atoms with Crippen LogP contribution in [0.5, 0.6) is 11.5 Å². The summed E-state index contributed by atoms with van der Waals surface area (Å²) in [5.74, 6) is 1.04. The summed E-state index contributed by atoms with van der Waals surface area (Å²) in [5.41, 5.74) is 0.503. The number of methoxy groups -OCH3 is 1. The number of hydrogen-bond donors (Lipinski definition) is 0. The Kier molecular flexibility index (Phi) is 2.33. The Morgan fingerprint density at radius 2 is 2.29 bits per heavy atom. The van der Waals surface area contributed by atoms with Crippen LogP contribution >= 0.6 is 11.6 Å². The van der Waals surface area contributed by atoms with Gasteiger partial charge in [-0.05, 0) is 12.1 Å². The maximum atomic E-state index is 11.6. The maximum Gasteiger partial charge on any atom is 0.173 e. The third-order valence-corrected chi connectivity index (χ3v) is 2.33. The molecule has 14 heavy (non-hydrogen) atoms. The van der Waals surface area contributed by atoms with Crippen molar-refractivity contribution in [2.45, 2.75) is 6.42 Å². The number of Topliss-reactive ketones (excluding diaryl/α,β-unsaturated/α-hetero) is 1. The van der Waals surface area contributed by atoms with Crippen molar-refractivity contribution in [2.24, 2.45) is 0 Å². The van der Waals surface area contributed by atoms with Crippen molar-refractivity contribution in [3.05, 3.63) is 22.7 Å². The van der Waals surface area contributed by atoms with E-state index in [9.17, 15) is 4.79 Å². The van der Waals surface area contributed by atoms with E-state index < -0.39 is 0 Å². The fourth-order valence-corrected chi connectivity index (χ4v) is 1.68. The molecule has 0 spiro atoms. The number of carbonyl (C=O) groups is 1. The molecule has 1 aliphatic heterocycles. The molecule has 0 unspecified atom stereocenters. The molecule has 3 nitrogen and oxygen atoms in total. The largest absolute Gasteiger partial charge is 0.496 e. The number of carbonyl (C=O) groups excluding carboxylic acids is 1. The van der Waals surface area contributed by atoms with Crippen LogP contribution in [0.4, 0.5) is 0 Å². The Labute approximate surface area is 86.6 Å². The van der Waals surface area contributed by atoms with Crippen molar-refractivity contribution in [1.29, 1.82) is 0 Å². The van der Waals surface area contributed by atoms with Gasteiger partial charge >= 0.3 is 0 Å². The van der Waals surface area contributed by atoms with Crippen molar-refractivity contribution in [1.82, 2.24) is 0 Å². The van der Waals surface area contributed by atoms with Crippen LogP contribution in [0.1, 0.15) is 16.8 Å². The molecule has 0 aromatic heterocycles. The summed E-state index contributed by atoms with van der Waals surface area (Å²) in [4.78, 5) is 11.6. The highest BCUT2D eigenvalue weighted by Gasteiger charge is 2.23. The summed E-state index contributed by atoms with van der Waals surface area (Å²) >= 11 is 5.84. The number of ketones is 1. The lowest BCUT2D eigenvalue weighted by Gasteiger charge is -2.18. The molecular weight excluding hydrogens is 204 g/mol. The second-order valence-corrected chi connectivity index (χ2v) is 3.44. The predicted octanol–water partition coefficient (Wildman–Crippen LogP) is 2.31. The Morgan fingerprint density at radius 1 is 1.50 bits per heavy atom. The van der Waals surface area contributed by atoms with Crippen molar-refractivity contribution < 1.29 is 14.3 Å². The number of hydrogen-bond acceptors (Lipinski definition) is 3. The van der Waals surface area contributed by atoms with E-state index in [4.69, 9.17) is 21.1 Å². The molecule has 4 heteroatoms. The minimum atomic E-state index is 0.0415. The monoisotopic (exact) mass is 212 g/mol. The lowest BCUT2D eigenvalue weighted by atomic mass is 10.0. The van der Waals surface area contributed by atoms with Gasteiger partial charge in [-0.15, -0.1) is 0 Å². The second kappa shape index (κ2) is 3.50. The zero-order valence-electron chi connectivity index (χ0n) is 7.67. The summed E-state index contributed by atoms with van der Waals surface area (Å²) in [5, 5.41) is 0.510. The highest BCUT2D eigenvalue weighted by molar-refractivity contribution is 6.31. The van der Waals surface area contributed by atoms with Gasteiger partial charge in [0.15, 0.2) is 5.78 Å².